The van der Waals surface area contributed by atoms with Crippen molar-refractivity contribution in [2.45, 2.75) is 49.6 Å². The van der Waals surface area contributed by atoms with Crippen LogP contribution < -0.4 is 4.90 Å². The molecule has 1 aliphatic rings. The Morgan fingerprint density at radius 2 is 1.56 bits per heavy atom. The highest BCUT2D eigenvalue weighted by atomic mass is 32.2. The largest absolute Gasteiger partial charge is 0.451 e. The van der Waals surface area contributed by atoms with Gasteiger partial charge in [0.1, 0.15) is 11.4 Å². The van der Waals surface area contributed by atoms with Gasteiger partial charge in [0.2, 0.25) is 0 Å². The second kappa shape index (κ2) is 6.30. The molecule has 4 rings (SSSR count). The van der Waals surface area contributed by atoms with Crippen molar-refractivity contribution >= 4 is 23.1 Å². The van der Waals surface area contributed by atoms with Gasteiger partial charge >= 0.3 is 0 Å². The summed E-state index contributed by atoms with van der Waals surface area (Å²) in [6.07, 6.45) is 0. The molecule has 1 aromatic heterocycles. The van der Waals surface area contributed by atoms with Gasteiger partial charge in [-0.25, -0.2) is 0 Å². The highest BCUT2D eigenvalue weighted by molar-refractivity contribution is 7.99. The number of rotatable bonds is 3. The number of hydrogen-bond donors (Lipinski definition) is 0. The molecule has 0 bridgehead atoms. The van der Waals surface area contributed by atoms with Crippen molar-refractivity contribution in [2.75, 3.05) is 4.90 Å². The van der Waals surface area contributed by atoms with Gasteiger partial charge in [0, 0.05) is 22.4 Å². The normalized spacial score (nSPS) is 13.3. The van der Waals surface area contributed by atoms with Crippen LogP contribution in [0.3, 0.4) is 0 Å². The van der Waals surface area contributed by atoms with Gasteiger partial charge in [0.25, 0.3) is 0 Å². The summed E-state index contributed by atoms with van der Waals surface area (Å²) in [4.78, 5) is 3.69. The molecular weight excluding hydrogens is 326 g/mol. The summed E-state index contributed by atoms with van der Waals surface area (Å²) >= 11 is 1.74. The Morgan fingerprint density at radius 1 is 0.880 bits per heavy atom. The molecule has 3 aromatic rings. The lowest BCUT2D eigenvalue weighted by atomic mass is 9.98. The van der Waals surface area contributed by atoms with Crippen LogP contribution in [0.15, 0.2) is 69.0 Å². The van der Waals surface area contributed by atoms with E-state index in [-0.39, 0.29) is 0 Å². The third kappa shape index (κ3) is 2.67. The van der Waals surface area contributed by atoms with Gasteiger partial charge in [0.15, 0.2) is 5.09 Å². The number of hydrogen-bond acceptors (Lipinski definition) is 3. The molecule has 0 saturated heterocycles. The van der Waals surface area contributed by atoms with Crippen LogP contribution >= 0.6 is 11.8 Å². The molecule has 0 radical (unpaired) electrons. The topological polar surface area (TPSA) is 16.4 Å². The van der Waals surface area contributed by atoms with Crippen molar-refractivity contribution in [2.24, 2.45) is 0 Å². The lowest BCUT2D eigenvalue weighted by Crippen LogP contribution is -2.28. The van der Waals surface area contributed by atoms with Crippen LogP contribution in [0.25, 0.3) is 11.1 Å². The first-order chi connectivity index (χ1) is 12.1. The quantitative estimate of drug-likeness (QED) is 0.502. The average molecular weight is 349 g/mol. The zero-order valence-corrected chi connectivity index (χ0v) is 15.9. The Hall–Kier alpha value is -2.13. The predicted octanol–water partition coefficient (Wildman–Crippen LogP) is 7.08. The minimum Gasteiger partial charge on any atom is -0.451 e. The highest BCUT2D eigenvalue weighted by Crippen LogP contribution is 2.55. The maximum atomic E-state index is 6.41. The van der Waals surface area contributed by atoms with E-state index in [4.69, 9.17) is 4.42 Å². The molecule has 0 atom stereocenters. The molecule has 0 saturated carbocycles. The molecule has 0 unspecified atom stereocenters. The van der Waals surface area contributed by atoms with Gasteiger partial charge in [-0.1, -0.05) is 56.3 Å². The molecule has 3 heteroatoms. The lowest BCUT2D eigenvalue weighted by Gasteiger charge is -2.34. The van der Waals surface area contributed by atoms with Crippen LogP contribution in [0.4, 0.5) is 11.4 Å². The van der Waals surface area contributed by atoms with E-state index in [1.165, 1.54) is 27.4 Å². The van der Waals surface area contributed by atoms with E-state index < -0.39 is 0 Å². The second-order valence-electron chi connectivity index (χ2n) is 7.03. The Kier molecular flexibility index (Phi) is 4.12. The minimum atomic E-state index is 0.332. The van der Waals surface area contributed by atoms with Crippen LogP contribution in [0.2, 0.25) is 0 Å². The van der Waals surface area contributed by atoms with E-state index in [1.807, 2.05) is 0 Å². The van der Waals surface area contributed by atoms with Gasteiger partial charge in [-0.2, -0.15) is 0 Å². The number of nitrogens with zero attached hydrogens (tertiary/aromatic N) is 1. The zero-order valence-electron chi connectivity index (χ0n) is 15.1. The molecule has 128 valence electrons. The van der Waals surface area contributed by atoms with Crippen molar-refractivity contribution in [1.29, 1.82) is 0 Å². The molecule has 0 N–H and O–H groups in total. The van der Waals surface area contributed by atoms with E-state index in [2.05, 4.69) is 87.2 Å². The second-order valence-corrected chi connectivity index (χ2v) is 8.05. The maximum Gasteiger partial charge on any atom is 0.189 e. The van der Waals surface area contributed by atoms with Crippen molar-refractivity contribution in [3.8, 4) is 11.1 Å². The Labute approximate surface area is 153 Å². The van der Waals surface area contributed by atoms with Crippen molar-refractivity contribution in [3.63, 3.8) is 0 Å². The summed E-state index contributed by atoms with van der Waals surface area (Å²) in [7, 11) is 0. The number of benzene rings is 2. The molecule has 0 amide bonds. The van der Waals surface area contributed by atoms with Gasteiger partial charge in [-0.15, -0.1) is 0 Å². The summed E-state index contributed by atoms with van der Waals surface area (Å²) in [5.41, 5.74) is 4.94. The fourth-order valence-electron chi connectivity index (χ4n) is 3.50. The SMILES string of the molecule is CC(C)c1oc2c(c1-c1ccccc1)N(C(C)C)c1ccccc1S2. The van der Waals surface area contributed by atoms with E-state index in [9.17, 15) is 0 Å². The zero-order chi connectivity index (χ0) is 17.6. The van der Waals surface area contributed by atoms with E-state index >= 15 is 0 Å². The van der Waals surface area contributed by atoms with Crippen LogP contribution in [-0.4, -0.2) is 6.04 Å². The first kappa shape index (κ1) is 16.3. The Balaban J connectivity index is 2.01. The number of para-hydroxylation sites is 1. The molecule has 1 aliphatic heterocycles. The van der Waals surface area contributed by atoms with Crippen LogP contribution in [0.1, 0.15) is 39.4 Å². The summed E-state index contributed by atoms with van der Waals surface area (Å²) in [5, 5.41) is 1.01. The summed E-state index contributed by atoms with van der Waals surface area (Å²) < 4.78 is 6.41. The van der Waals surface area contributed by atoms with Crippen LogP contribution in [-0.2, 0) is 0 Å². The first-order valence-electron chi connectivity index (χ1n) is 8.86. The lowest BCUT2D eigenvalue weighted by molar-refractivity contribution is 0.416. The van der Waals surface area contributed by atoms with E-state index in [1.54, 1.807) is 11.8 Å². The predicted molar refractivity (Wildman–Crippen MR) is 106 cm³/mol. The number of fused-ring (bicyclic) bond motifs is 2. The van der Waals surface area contributed by atoms with Gasteiger partial charge < -0.3 is 9.32 Å². The highest BCUT2D eigenvalue weighted by Gasteiger charge is 2.34. The van der Waals surface area contributed by atoms with Crippen LogP contribution in [0.5, 0.6) is 0 Å². The molecule has 2 heterocycles. The fraction of sp³-hybridized carbons (Fsp3) is 0.273. The smallest absolute Gasteiger partial charge is 0.189 e. The monoisotopic (exact) mass is 349 g/mol. The van der Waals surface area contributed by atoms with E-state index in [0.29, 0.717) is 12.0 Å². The molecule has 0 spiro atoms. The van der Waals surface area contributed by atoms with E-state index in [0.717, 1.165) is 10.9 Å². The maximum absolute atomic E-state index is 6.41. The molecule has 0 aliphatic carbocycles. The minimum absolute atomic E-state index is 0.332. The summed E-state index contributed by atoms with van der Waals surface area (Å²) in [5.74, 6) is 1.40. The molecule has 25 heavy (non-hydrogen) atoms. The first-order valence-corrected chi connectivity index (χ1v) is 9.67. The third-order valence-corrected chi connectivity index (χ3v) is 5.58. The van der Waals surface area contributed by atoms with Gasteiger partial charge in [-0.05, 0) is 43.3 Å². The summed E-state index contributed by atoms with van der Waals surface area (Å²) in [6.45, 7) is 8.89. The number of furan rings is 1. The molecule has 2 nitrogen and oxygen atoms in total. The van der Waals surface area contributed by atoms with Gasteiger partial charge in [0.05, 0.1) is 5.69 Å². The molecular formula is C22H23NOS. The molecule has 2 aromatic carbocycles. The Bertz CT molecular complexity index is 896. The standard InChI is InChI=1S/C22H23NOS/c1-14(2)21-19(16-10-6-5-7-11-16)20-22(24-21)25-18-13-9-8-12-17(18)23(20)15(3)4/h5-15H,1-4H3. The van der Waals surface area contributed by atoms with Crippen molar-refractivity contribution in [3.05, 3.63) is 60.4 Å². The van der Waals surface area contributed by atoms with Crippen molar-refractivity contribution in [1.82, 2.24) is 0 Å². The third-order valence-electron chi connectivity index (χ3n) is 4.55. The fourth-order valence-corrected chi connectivity index (χ4v) is 4.54. The van der Waals surface area contributed by atoms with Crippen LogP contribution in [0, 0.1) is 0 Å². The van der Waals surface area contributed by atoms with Crippen molar-refractivity contribution < 1.29 is 4.42 Å². The molecule has 0 fully saturated rings. The average Bonchev–Trinajstić information content (AvgIpc) is 2.99. The Morgan fingerprint density at radius 3 is 2.24 bits per heavy atom. The van der Waals surface area contributed by atoms with Gasteiger partial charge in [-0.3, -0.25) is 0 Å². The summed E-state index contributed by atoms with van der Waals surface area (Å²) in [6, 6.07) is 19.6. The number of anilines is 2.